The third-order valence-corrected chi connectivity index (χ3v) is 4.32. The van der Waals surface area contributed by atoms with Gasteiger partial charge in [-0.1, -0.05) is 25.4 Å². The Labute approximate surface area is 125 Å². The highest BCUT2D eigenvalue weighted by Crippen LogP contribution is 2.24. The summed E-state index contributed by atoms with van der Waals surface area (Å²) in [6.45, 7) is 6.19. The second kappa shape index (κ2) is 8.64. The van der Waals surface area contributed by atoms with Gasteiger partial charge in [0.25, 0.3) is 0 Å². The maximum absolute atomic E-state index is 5.67. The minimum Gasteiger partial charge on any atom is -0.368 e. The normalized spacial score (nSPS) is 21.0. The van der Waals surface area contributed by atoms with Crippen molar-refractivity contribution in [1.29, 1.82) is 0 Å². The molecular weight excluding hydrogens is 274 g/mol. The van der Waals surface area contributed by atoms with Crippen molar-refractivity contribution in [3.8, 4) is 0 Å². The Hall–Kier alpha value is -0.590. The molecule has 1 aromatic rings. The molecular formula is C14H25N3O2S. The summed E-state index contributed by atoms with van der Waals surface area (Å²) in [5, 5.41) is 7.63. The van der Waals surface area contributed by atoms with Gasteiger partial charge < -0.3 is 14.6 Å². The molecule has 1 aliphatic heterocycles. The molecule has 1 N–H and O–H groups in total. The number of thioether (sulfide) groups is 1. The lowest BCUT2D eigenvalue weighted by Crippen LogP contribution is -2.31. The second-order valence-corrected chi connectivity index (χ2v) is 6.27. The Morgan fingerprint density at radius 3 is 3.00 bits per heavy atom. The van der Waals surface area contributed by atoms with Gasteiger partial charge in [-0.2, -0.15) is 16.7 Å². The van der Waals surface area contributed by atoms with Gasteiger partial charge in [-0.05, 0) is 19.4 Å². The number of ether oxygens (including phenoxy) is 1. The van der Waals surface area contributed by atoms with E-state index in [1.54, 1.807) is 0 Å². The van der Waals surface area contributed by atoms with E-state index in [9.17, 15) is 0 Å². The van der Waals surface area contributed by atoms with Crippen LogP contribution in [0.3, 0.4) is 0 Å². The minimum absolute atomic E-state index is 0.000485. The first-order valence-electron chi connectivity index (χ1n) is 7.58. The summed E-state index contributed by atoms with van der Waals surface area (Å²) in [7, 11) is 0. The van der Waals surface area contributed by atoms with Crippen LogP contribution in [-0.4, -0.2) is 40.8 Å². The van der Waals surface area contributed by atoms with Crippen molar-refractivity contribution >= 4 is 11.8 Å². The van der Waals surface area contributed by atoms with Gasteiger partial charge in [0.2, 0.25) is 11.7 Å². The summed E-state index contributed by atoms with van der Waals surface area (Å²) in [5.74, 6) is 3.41. The van der Waals surface area contributed by atoms with Crippen LogP contribution in [0.15, 0.2) is 4.52 Å². The molecule has 2 rings (SSSR count). The van der Waals surface area contributed by atoms with Crippen LogP contribution in [0, 0.1) is 0 Å². The molecule has 0 aromatic carbocycles. The third-order valence-electron chi connectivity index (χ3n) is 3.33. The molecule has 20 heavy (non-hydrogen) atoms. The van der Waals surface area contributed by atoms with E-state index in [1.807, 2.05) is 11.8 Å². The molecule has 0 radical (unpaired) electrons. The van der Waals surface area contributed by atoms with Crippen molar-refractivity contribution in [3.05, 3.63) is 11.7 Å². The highest BCUT2D eigenvalue weighted by molar-refractivity contribution is 7.99. The lowest BCUT2D eigenvalue weighted by Gasteiger charge is -2.18. The zero-order valence-corrected chi connectivity index (χ0v) is 13.2. The van der Waals surface area contributed by atoms with Crippen molar-refractivity contribution in [2.75, 3.05) is 24.7 Å². The summed E-state index contributed by atoms with van der Waals surface area (Å²) in [6.07, 6.45) is 4.24. The van der Waals surface area contributed by atoms with E-state index in [1.165, 1.54) is 0 Å². The lowest BCUT2D eigenvalue weighted by molar-refractivity contribution is 0.0677. The van der Waals surface area contributed by atoms with Gasteiger partial charge in [-0.15, -0.1) is 0 Å². The van der Waals surface area contributed by atoms with E-state index in [-0.39, 0.29) is 6.10 Å². The van der Waals surface area contributed by atoms with Gasteiger partial charge in [0.15, 0.2) is 0 Å². The van der Waals surface area contributed by atoms with Gasteiger partial charge in [0.1, 0.15) is 6.10 Å². The number of rotatable bonds is 8. The molecule has 0 saturated carbocycles. The van der Waals surface area contributed by atoms with Crippen molar-refractivity contribution in [3.63, 3.8) is 0 Å². The zero-order chi connectivity index (χ0) is 14.2. The van der Waals surface area contributed by atoms with E-state index >= 15 is 0 Å². The molecule has 0 bridgehead atoms. The summed E-state index contributed by atoms with van der Waals surface area (Å²) in [4.78, 5) is 4.51. The predicted octanol–water partition coefficient (Wildman–Crippen LogP) is 2.58. The quantitative estimate of drug-likeness (QED) is 0.796. The summed E-state index contributed by atoms with van der Waals surface area (Å²) in [6, 6.07) is 0.426. The number of hydrogen-bond donors (Lipinski definition) is 1. The first kappa shape index (κ1) is 15.8. The summed E-state index contributed by atoms with van der Waals surface area (Å²) < 4.78 is 11.1. The summed E-state index contributed by atoms with van der Waals surface area (Å²) >= 11 is 1.88. The first-order valence-corrected chi connectivity index (χ1v) is 8.74. The Bertz CT molecular complexity index is 380. The molecule has 0 amide bonds. The van der Waals surface area contributed by atoms with Crippen LogP contribution in [0.5, 0.6) is 0 Å². The fourth-order valence-electron chi connectivity index (χ4n) is 2.30. The molecule has 1 aliphatic rings. The number of nitrogens with one attached hydrogen (secondary N) is 1. The van der Waals surface area contributed by atoms with Crippen LogP contribution in [0.1, 0.15) is 50.9 Å². The SMILES string of the molecule is CCCNC(CCC)Cc1nc(C2CSCCO2)no1. The molecule has 2 atom stereocenters. The lowest BCUT2D eigenvalue weighted by atomic mass is 10.1. The van der Waals surface area contributed by atoms with Crippen LogP contribution in [0.2, 0.25) is 0 Å². The smallest absolute Gasteiger partial charge is 0.228 e. The summed E-state index contributed by atoms with van der Waals surface area (Å²) in [5.41, 5.74) is 0. The molecule has 1 aromatic heterocycles. The Morgan fingerprint density at radius 1 is 1.40 bits per heavy atom. The number of aromatic nitrogens is 2. The van der Waals surface area contributed by atoms with Crippen LogP contribution < -0.4 is 5.32 Å². The monoisotopic (exact) mass is 299 g/mol. The fraction of sp³-hybridized carbons (Fsp3) is 0.857. The van der Waals surface area contributed by atoms with E-state index in [0.29, 0.717) is 11.9 Å². The van der Waals surface area contributed by atoms with Crippen molar-refractivity contribution in [2.24, 2.45) is 0 Å². The van der Waals surface area contributed by atoms with Gasteiger partial charge in [-0.3, -0.25) is 0 Å². The molecule has 2 heterocycles. The van der Waals surface area contributed by atoms with Crippen LogP contribution in [0.4, 0.5) is 0 Å². The highest BCUT2D eigenvalue weighted by atomic mass is 32.2. The van der Waals surface area contributed by atoms with Crippen molar-refractivity contribution in [2.45, 2.75) is 51.7 Å². The van der Waals surface area contributed by atoms with Gasteiger partial charge >= 0.3 is 0 Å². The molecule has 1 saturated heterocycles. The maximum Gasteiger partial charge on any atom is 0.228 e. The van der Waals surface area contributed by atoms with Gasteiger partial charge in [0, 0.05) is 24.0 Å². The van der Waals surface area contributed by atoms with Crippen LogP contribution in [-0.2, 0) is 11.2 Å². The fourth-order valence-corrected chi connectivity index (χ4v) is 3.14. The van der Waals surface area contributed by atoms with E-state index in [2.05, 4.69) is 29.3 Å². The van der Waals surface area contributed by atoms with Crippen molar-refractivity contribution in [1.82, 2.24) is 15.5 Å². The van der Waals surface area contributed by atoms with Crippen LogP contribution >= 0.6 is 11.8 Å². The second-order valence-electron chi connectivity index (χ2n) is 5.12. The Balaban J connectivity index is 1.89. The Morgan fingerprint density at radius 2 is 2.30 bits per heavy atom. The molecule has 1 fully saturated rings. The standard InChI is InChI=1S/C14H25N3O2S/c1-3-5-11(15-6-4-2)9-13-16-14(17-19-13)12-10-20-8-7-18-12/h11-12,15H,3-10H2,1-2H3. The predicted molar refractivity (Wildman–Crippen MR) is 81.0 cm³/mol. The largest absolute Gasteiger partial charge is 0.368 e. The molecule has 0 spiro atoms. The molecule has 5 nitrogen and oxygen atoms in total. The average molecular weight is 299 g/mol. The third kappa shape index (κ3) is 4.75. The average Bonchev–Trinajstić information content (AvgIpc) is 2.94. The van der Waals surface area contributed by atoms with Crippen molar-refractivity contribution < 1.29 is 9.26 Å². The van der Waals surface area contributed by atoms with Gasteiger partial charge in [0.05, 0.1) is 6.61 Å². The van der Waals surface area contributed by atoms with E-state index in [4.69, 9.17) is 9.26 Å². The number of hydrogen-bond acceptors (Lipinski definition) is 6. The highest BCUT2D eigenvalue weighted by Gasteiger charge is 2.22. The number of nitrogens with zero attached hydrogens (tertiary/aromatic N) is 2. The first-order chi connectivity index (χ1) is 9.83. The Kier molecular flexibility index (Phi) is 6.82. The topological polar surface area (TPSA) is 60.2 Å². The zero-order valence-electron chi connectivity index (χ0n) is 12.4. The van der Waals surface area contributed by atoms with E-state index in [0.717, 1.165) is 56.2 Å². The minimum atomic E-state index is -0.000485. The van der Waals surface area contributed by atoms with E-state index < -0.39 is 0 Å². The molecule has 2 unspecified atom stereocenters. The molecule has 114 valence electrons. The maximum atomic E-state index is 5.67. The molecule has 6 heteroatoms. The van der Waals surface area contributed by atoms with Crippen LogP contribution in [0.25, 0.3) is 0 Å². The molecule has 0 aliphatic carbocycles. The van der Waals surface area contributed by atoms with Gasteiger partial charge in [-0.25, -0.2) is 0 Å².